The molecule has 0 spiro atoms. The van der Waals surface area contributed by atoms with Gasteiger partial charge in [-0.05, 0) is 49.4 Å². The van der Waals surface area contributed by atoms with E-state index < -0.39 is 0 Å². The van der Waals surface area contributed by atoms with Gasteiger partial charge in [-0.25, -0.2) is 0 Å². The first-order valence-electron chi connectivity index (χ1n) is 6.05. The molecule has 0 atom stereocenters. The van der Waals surface area contributed by atoms with E-state index in [1.54, 1.807) is 17.0 Å². The van der Waals surface area contributed by atoms with Crippen LogP contribution in [0.1, 0.15) is 17.3 Å². The summed E-state index contributed by atoms with van der Waals surface area (Å²) in [6.07, 6.45) is 0. The topological polar surface area (TPSA) is 46.3 Å². The molecule has 0 radical (unpaired) electrons. The van der Waals surface area contributed by atoms with Crippen LogP contribution >= 0.6 is 15.9 Å². The molecular weight excluding hydrogens is 304 g/mol. The van der Waals surface area contributed by atoms with Crippen LogP contribution in [0.4, 0.5) is 11.4 Å². The van der Waals surface area contributed by atoms with Gasteiger partial charge in [0.1, 0.15) is 0 Å². The quantitative estimate of drug-likeness (QED) is 0.877. The highest BCUT2D eigenvalue weighted by atomic mass is 79.9. The molecule has 19 heavy (non-hydrogen) atoms. The van der Waals surface area contributed by atoms with Crippen LogP contribution < -0.4 is 10.6 Å². The summed E-state index contributed by atoms with van der Waals surface area (Å²) in [6.45, 7) is 2.56. The Balaban J connectivity index is 2.31. The molecule has 0 aliphatic rings. The fourth-order valence-corrected chi connectivity index (χ4v) is 2.27. The number of nitrogens with zero attached hydrogens (tertiary/aromatic N) is 1. The van der Waals surface area contributed by atoms with Crippen molar-refractivity contribution in [2.75, 3.05) is 17.2 Å². The third-order valence-electron chi connectivity index (χ3n) is 2.84. The SMILES string of the molecule is CCN(C(=O)c1cccc(Br)c1)c1ccc(N)cc1. The van der Waals surface area contributed by atoms with Gasteiger partial charge in [-0.15, -0.1) is 0 Å². The number of nitrogens with two attached hydrogens (primary N) is 1. The summed E-state index contributed by atoms with van der Waals surface area (Å²) in [5.74, 6) is -0.0198. The molecule has 0 fully saturated rings. The van der Waals surface area contributed by atoms with Crippen LogP contribution in [0, 0.1) is 0 Å². The van der Waals surface area contributed by atoms with Crippen LogP contribution in [0.5, 0.6) is 0 Å². The lowest BCUT2D eigenvalue weighted by molar-refractivity contribution is 0.0988. The predicted molar refractivity (Wildman–Crippen MR) is 82.3 cm³/mol. The van der Waals surface area contributed by atoms with Crippen LogP contribution in [0.3, 0.4) is 0 Å². The Morgan fingerprint density at radius 2 is 1.89 bits per heavy atom. The highest BCUT2D eigenvalue weighted by molar-refractivity contribution is 9.10. The molecule has 4 heteroatoms. The average molecular weight is 319 g/mol. The van der Waals surface area contributed by atoms with E-state index in [0.717, 1.165) is 10.2 Å². The minimum absolute atomic E-state index is 0.0198. The van der Waals surface area contributed by atoms with E-state index in [1.807, 2.05) is 43.3 Å². The van der Waals surface area contributed by atoms with Gasteiger partial charge < -0.3 is 10.6 Å². The summed E-state index contributed by atoms with van der Waals surface area (Å²) < 4.78 is 0.895. The molecule has 1 amide bonds. The molecule has 98 valence electrons. The summed E-state index contributed by atoms with van der Waals surface area (Å²) in [4.78, 5) is 14.2. The van der Waals surface area contributed by atoms with Gasteiger partial charge in [0.05, 0.1) is 0 Å². The number of halogens is 1. The van der Waals surface area contributed by atoms with Gasteiger partial charge in [0, 0.05) is 28.0 Å². The third kappa shape index (κ3) is 3.15. The standard InChI is InChI=1S/C15H15BrN2O/c1-2-18(14-8-6-13(17)7-9-14)15(19)11-4-3-5-12(16)10-11/h3-10H,2,17H2,1H3. The normalized spacial score (nSPS) is 10.2. The van der Waals surface area contributed by atoms with Crippen molar-refractivity contribution in [2.24, 2.45) is 0 Å². The van der Waals surface area contributed by atoms with Gasteiger partial charge in [-0.2, -0.15) is 0 Å². The Bertz CT molecular complexity index is 581. The number of carbonyl (C=O) groups is 1. The molecule has 0 aromatic heterocycles. The minimum Gasteiger partial charge on any atom is -0.399 e. The smallest absolute Gasteiger partial charge is 0.258 e. The van der Waals surface area contributed by atoms with E-state index in [9.17, 15) is 4.79 Å². The number of carbonyl (C=O) groups excluding carboxylic acids is 1. The number of amides is 1. The molecule has 2 N–H and O–H groups in total. The van der Waals surface area contributed by atoms with Gasteiger partial charge in [0.25, 0.3) is 5.91 Å². The lowest BCUT2D eigenvalue weighted by Gasteiger charge is -2.21. The zero-order chi connectivity index (χ0) is 13.8. The molecule has 0 bridgehead atoms. The Kier molecular flexibility index (Phi) is 4.22. The molecule has 2 rings (SSSR count). The Morgan fingerprint density at radius 1 is 1.21 bits per heavy atom. The predicted octanol–water partition coefficient (Wildman–Crippen LogP) is 3.70. The maximum atomic E-state index is 12.5. The van der Waals surface area contributed by atoms with Gasteiger partial charge in [0.2, 0.25) is 0 Å². The molecule has 0 unspecified atom stereocenters. The summed E-state index contributed by atoms with van der Waals surface area (Å²) in [5, 5.41) is 0. The number of nitrogen functional groups attached to an aromatic ring is 1. The zero-order valence-electron chi connectivity index (χ0n) is 10.6. The fraction of sp³-hybridized carbons (Fsp3) is 0.133. The fourth-order valence-electron chi connectivity index (χ4n) is 1.88. The van der Waals surface area contributed by atoms with Crippen molar-refractivity contribution in [1.29, 1.82) is 0 Å². The molecule has 0 saturated heterocycles. The van der Waals surface area contributed by atoms with E-state index >= 15 is 0 Å². The van der Waals surface area contributed by atoms with Crippen molar-refractivity contribution in [3.05, 3.63) is 58.6 Å². The van der Waals surface area contributed by atoms with Crippen LogP contribution in [-0.4, -0.2) is 12.5 Å². The van der Waals surface area contributed by atoms with Crippen molar-refractivity contribution in [3.8, 4) is 0 Å². The number of benzene rings is 2. The van der Waals surface area contributed by atoms with E-state index in [0.29, 0.717) is 17.8 Å². The summed E-state index contributed by atoms with van der Waals surface area (Å²) in [5.41, 5.74) is 7.86. The number of rotatable bonds is 3. The lowest BCUT2D eigenvalue weighted by atomic mass is 10.1. The second kappa shape index (κ2) is 5.89. The van der Waals surface area contributed by atoms with E-state index in [2.05, 4.69) is 15.9 Å². The minimum atomic E-state index is -0.0198. The first-order chi connectivity index (χ1) is 9.11. The molecule has 2 aromatic carbocycles. The van der Waals surface area contributed by atoms with Crippen LogP contribution in [0.25, 0.3) is 0 Å². The molecule has 3 nitrogen and oxygen atoms in total. The van der Waals surface area contributed by atoms with Crippen LogP contribution in [-0.2, 0) is 0 Å². The Morgan fingerprint density at radius 3 is 2.47 bits per heavy atom. The number of hydrogen-bond acceptors (Lipinski definition) is 2. The van der Waals surface area contributed by atoms with Gasteiger partial charge in [-0.3, -0.25) is 4.79 Å². The van der Waals surface area contributed by atoms with Crippen molar-refractivity contribution < 1.29 is 4.79 Å². The third-order valence-corrected chi connectivity index (χ3v) is 3.33. The number of anilines is 2. The summed E-state index contributed by atoms with van der Waals surface area (Å²) in [7, 11) is 0. The zero-order valence-corrected chi connectivity index (χ0v) is 12.2. The largest absolute Gasteiger partial charge is 0.399 e. The summed E-state index contributed by atoms with van der Waals surface area (Å²) in [6, 6.07) is 14.7. The maximum Gasteiger partial charge on any atom is 0.258 e. The van der Waals surface area contributed by atoms with Gasteiger partial charge in [0.15, 0.2) is 0 Å². The Labute approximate surface area is 121 Å². The van der Waals surface area contributed by atoms with Crippen molar-refractivity contribution >= 4 is 33.2 Å². The highest BCUT2D eigenvalue weighted by Crippen LogP contribution is 2.20. The summed E-state index contributed by atoms with van der Waals surface area (Å²) >= 11 is 3.38. The molecule has 0 aliphatic heterocycles. The average Bonchev–Trinajstić information content (AvgIpc) is 2.41. The molecule has 0 heterocycles. The van der Waals surface area contributed by atoms with Crippen molar-refractivity contribution in [2.45, 2.75) is 6.92 Å². The molecule has 0 saturated carbocycles. The maximum absolute atomic E-state index is 12.5. The van der Waals surface area contributed by atoms with Crippen LogP contribution in [0.2, 0.25) is 0 Å². The first kappa shape index (κ1) is 13.6. The first-order valence-corrected chi connectivity index (χ1v) is 6.84. The Hall–Kier alpha value is -1.81. The molecule has 0 aliphatic carbocycles. The second-order valence-corrected chi connectivity index (χ2v) is 5.07. The van der Waals surface area contributed by atoms with Gasteiger partial charge >= 0.3 is 0 Å². The second-order valence-electron chi connectivity index (χ2n) is 4.15. The number of hydrogen-bond donors (Lipinski definition) is 1. The van der Waals surface area contributed by atoms with E-state index in [-0.39, 0.29) is 5.91 Å². The molecule has 2 aromatic rings. The van der Waals surface area contributed by atoms with Gasteiger partial charge in [-0.1, -0.05) is 22.0 Å². The van der Waals surface area contributed by atoms with Crippen LogP contribution in [0.15, 0.2) is 53.0 Å². The monoisotopic (exact) mass is 318 g/mol. The van der Waals surface area contributed by atoms with E-state index in [4.69, 9.17) is 5.73 Å². The molecular formula is C15H15BrN2O. The van der Waals surface area contributed by atoms with Crippen molar-refractivity contribution in [3.63, 3.8) is 0 Å². The van der Waals surface area contributed by atoms with E-state index in [1.165, 1.54) is 0 Å². The van der Waals surface area contributed by atoms with Crippen molar-refractivity contribution in [1.82, 2.24) is 0 Å². The lowest BCUT2D eigenvalue weighted by Crippen LogP contribution is -2.30. The highest BCUT2D eigenvalue weighted by Gasteiger charge is 2.15.